The van der Waals surface area contributed by atoms with Gasteiger partial charge in [-0.05, 0) is 37.1 Å². The lowest BCUT2D eigenvalue weighted by atomic mass is 10.0. The van der Waals surface area contributed by atoms with E-state index in [0.29, 0.717) is 12.6 Å². The molecular weight excluding hydrogens is 239 g/mol. The van der Waals surface area contributed by atoms with Crippen molar-refractivity contribution in [3.05, 3.63) is 34.6 Å². The molecule has 1 atom stereocenters. The van der Waals surface area contributed by atoms with Crippen molar-refractivity contribution in [3.8, 4) is 0 Å². The molecule has 0 saturated carbocycles. The number of hydrogen-bond donors (Lipinski definition) is 1. The molecule has 0 spiro atoms. The minimum Gasteiger partial charge on any atom is -0.329 e. The van der Waals surface area contributed by atoms with Gasteiger partial charge in [-0.2, -0.15) is 0 Å². The monoisotopic (exact) mass is 256 g/mol. The Hall–Kier alpha value is -0.640. The van der Waals surface area contributed by atoms with Crippen molar-refractivity contribution in [1.82, 2.24) is 4.90 Å². The van der Waals surface area contributed by atoms with Crippen molar-refractivity contribution in [2.45, 2.75) is 31.8 Å². The van der Waals surface area contributed by atoms with Crippen LogP contribution in [0.2, 0.25) is 5.02 Å². The highest BCUT2D eigenvalue weighted by Crippen LogP contribution is 2.21. The molecule has 2 nitrogen and oxygen atoms in total. The number of benzene rings is 1. The van der Waals surface area contributed by atoms with Crippen molar-refractivity contribution < 1.29 is 4.39 Å². The molecule has 4 heteroatoms. The van der Waals surface area contributed by atoms with Gasteiger partial charge in [0.25, 0.3) is 0 Å². The Balaban J connectivity index is 2.05. The van der Waals surface area contributed by atoms with Crippen molar-refractivity contribution in [3.63, 3.8) is 0 Å². The molecule has 17 heavy (non-hydrogen) atoms. The van der Waals surface area contributed by atoms with E-state index in [1.807, 2.05) is 6.07 Å². The Morgan fingerprint density at radius 1 is 1.41 bits per heavy atom. The summed E-state index contributed by atoms with van der Waals surface area (Å²) in [6.45, 7) is 2.48. The molecule has 0 amide bonds. The molecule has 1 heterocycles. The van der Waals surface area contributed by atoms with Gasteiger partial charge in [0.05, 0.1) is 5.02 Å². The molecule has 1 aliphatic heterocycles. The van der Waals surface area contributed by atoms with Crippen LogP contribution < -0.4 is 5.73 Å². The second-order valence-electron chi connectivity index (χ2n) is 4.60. The van der Waals surface area contributed by atoms with Crippen molar-refractivity contribution in [1.29, 1.82) is 0 Å². The lowest BCUT2D eigenvalue weighted by molar-refractivity contribution is 0.145. The van der Waals surface area contributed by atoms with Gasteiger partial charge in [-0.1, -0.05) is 24.1 Å². The predicted molar refractivity (Wildman–Crippen MR) is 68.5 cm³/mol. The Kier molecular flexibility index (Phi) is 4.37. The zero-order valence-corrected chi connectivity index (χ0v) is 10.6. The standard InChI is InChI=1S/C13H18ClFN2/c14-12-5-4-10(7-13(12)15)9-17-6-2-1-3-11(17)8-16/h4-5,7,11H,1-3,6,8-9,16H2. The van der Waals surface area contributed by atoms with Gasteiger partial charge in [0, 0.05) is 19.1 Å². The minimum atomic E-state index is -0.342. The summed E-state index contributed by atoms with van der Waals surface area (Å²) in [5.74, 6) is -0.342. The first kappa shape index (κ1) is 12.8. The van der Waals surface area contributed by atoms with E-state index in [4.69, 9.17) is 17.3 Å². The predicted octanol–water partition coefficient (Wildman–Crippen LogP) is 2.79. The van der Waals surface area contributed by atoms with Crippen LogP contribution in [0.25, 0.3) is 0 Å². The average molecular weight is 257 g/mol. The number of nitrogens with two attached hydrogens (primary N) is 1. The van der Waals surface area contributed by atoms with E-state index < -0.39 is 0 Å². The van der Waals surface area contributed by atoms with Crippen molar-refractivity contribution in [2.24, 2.45) is 5.73 Å². The van der Waals surface area contributed by atoms with Crippen LogP contribution in [0.1, 0.15) is 24.8 Å². The van der Waals surface area contributed by atoms with Gasteiger partial charge < -0.3 is 5.73 Å². The maximum absolute atomic E-state index is 13.3. The molecule has 1 saturated heterocycles. The Labute approximate surface area is 107 Å². The highest BCUT2D eigenvalue weighted by atomic mass is 35.5. The number of likely N-dealkylation sites (tertiary alicyclic amines) is 1. The summed E-state index contributed by atoms with van der Waals surface area (Å²) in [5.41, 5.74) is 6.73. The summed E-state index contributed by atoms with van der Waals surface area (Å²) in [4.78, 5) is 2.34. The van der Waals surface area contributed by atoms with Crippen LogP contribution in [0.3, 0.4) is 0 Å². The molecule has 1 aromatic carbocycles. The first-order valence-electron chi connectivity index (χ1n) is 6.08. The second-order valence-corrected chi connectivity index (χ2v) is 5.01. The van der Waals surface area contributed by atoms with Crippen LogP contribution >= 0.6 is 11.6 Å². The van der Waals surface area contributed by atoms with Gasteiger partial charge >= 0.3 is 0 Å². The second kappa shape index (κ2) is 5.80. The van der Waals surface area contributed by atoms with Crippen LogP contribution in [0.5, 0.6) is 0 Å². The zero-order valence-electron chi connectivity index (χ0n) is 9.83. The van der Waals surface area contributed by atoms with E-state index in [0.717, 1.165) is 25.1 Å². The number of halogens is 2. The van der Waals surface area contributed by atoms with Gasteiger partial charge in [-0.3, -0.25) is 4.90 Å². The van der Waals surface area contributed by atoms with E-state index in [-0.39, 0.29) is 10.8 Å². The van der Waals surface area contributed by atoms with Gasteiger partial charge in [0.1, 0.15) is 5.82 Å². The Morgan fingerprint density at radius 3 is 2.94 bits per heavy atom. The van der Waals surface area contributed by atoms with Gasteiger partial charge in [-0.25, -0.2) is 4.39 Å². The molecule has 1 fully saturated rings. The van der Waals surface area contributed by atoms with Crippen LogP contribution in [-0.4, -0.2) is 24.0 Å². The van der Waals surface area contributed by atoms with Crippen molar-refractivity contribution in [2.75, 3.05) is 13.1 Å². The lowest BCUT2D eigenvalue weighted by Gasteiger charge is -2.35. The summed E-state index contributed by atoms with van der Waals surface area (Å²) in [7, 11) is 0. The fraction of sp³-hybridized carbons (Fsp3) is 0.538. The van der Waals surface area contributed by atoms with Gasteiger partial charge in [-0.15, -0.1) is 0 Å². The molecule has 2 N–H and O–H groups in total. The first-order chi connectivity index (χ1) is 8.20. The Bertz CT molecular complexity index is 384. The smallest absolute Gasteiger partial charge is 0.142 e. The third-order valence-corrected chi connectivity index (χ3v) is 3.70. The fourth-order valence-electron chi connectivity index (χ4n) is 2.41. The molecule has 94 valence electrons. The number of piperidine rings is 1. The van der Waals surface area contributed by atoms with Crippen LogP contribution in [-0.2, 0) is 6.54 Å². The molecule has 0 aromatic heterocycles. The van der Waals surface area contributed by atoms with E-state index in [1.165, 1.54) is 18.9 Å². The molecule has 1 unspecified atom stereocenters. The van der Waals surface area contributed by atoms with Crippen LogP contribution in [0.4, 0.5) is 4.39 Å². The molecule has 0 bridgehead atoms. The van der Waals surface area contributed by atoms with Crippen LogP contribution in [0.15, 0.2) is 18.2 Å². The third kappa shape index (κ3) is 3.18. The minimum absolute atomic E-state index is 0.183. The maximum atomic E-state index is 13.3. The van der Waals surface area contributed by atoms with Gasteiger partial charge in [0.15, 0.2) is 0 Å². The first-order valence-corrected chi connectivity index (χ1v) is 6.46. The average Bonchev–Trinajstić information content (AvgIpc) is 2.34. The summed E-state index contributed by atoms with van der Waals surface area (Å²) in [6.07, 6.45) is 3.59. The molecule has 2 rings (SSSR count). The lowest BCUT2D eigenvalue weighted by Crippen LogP contribution is -2.43. The summed E-state index contributed by atoms with van der Waals surface area (Å²) >= 11 is 5.67. The SMILES string of the molecule is NCC1CCCCN1Cc1ccc(Cl)c(F)c1. The van der Waals surface area contributed by atoms with E-state index >= 15 is 0 Å². The number of hydrogen-bond acceptors (Lipinski definition) is 2. The quantitative estimate of drug-likeness (QED) is 0.901. The summed E-state index contributed by atoms with van der Waals surface area (Å²) in [6, 6.07) is 5.45. The number of nitrogens with zero attached hydrogens (tertiary/aromatic N) is 1. The van der Waals surface area contributed by atoms with E-state index in [2.05, 4.69) is 4.90 Å². The maximum Gasteiger partial charge on any atom is 0.142 e. The van der Waals surface area contributed by atoms with Crippen molar-refractivity contribution >= 4 is 11.6 Å². The molecule has 1 aliphatic rings. The molecule has 0 aliphatic carbocycles. The topological polar surface area (TPSA) is 29.3 Å². The molecule has 0 radical (unpaired) electrons. The van der Waals surface area contributed by atoms with E-state index in [9.17, 15) is 4.39 Å². The summed E-state index contributed by atoms with van der Waals surface area (Å²) < 4.78 is 13.3. The van der Waals surface area contributed by atoms with Gasteiger partial charge in [0.2, 0.25) is 0 Å². The zero-order chi connectivity index (χ0) is 12.3. The highest BCUT2D eigenvalue weighted by Gasteiger charge is 2.21. The third-order valence-electron chi connectivity index (χ3n) is 3.39. The van der Waals surface area contributed by atoms with E-state index in [1.54, 1.807) is 6.07 Å². The molecule has 1 aromatic rings. The normalized spacial score (nSPS) is 21.7. The Morgan fingerprint density at radius 2 is 2.24 bits per heavy atom. The van der Waals surface area contributed by atoms with Crippen LogP contribution in [0, 0.1) is 5.82 Å². The summed E-state index contributed by atoms with van der Waals surface area (Å²) in [5, 5.41) is 0.183. The number of rotatable bonds is 3. The fourth-order valence-corrected chi connectivity index (χ4v) is 2.53. The highest BCUT2D eigenvalue weighted by molar-refractivity contribution is 6.30. The largest absolute Gasteiger partial charge is 0.329 e. The molecular formula is C13H18ClFN2.